The molecule has 0 saturated heterocycles. The number of rotatable bonds is 4. The molecule has 1 amide bonds. The van der Waals surface area contributed by atoms with Crippen molar-refractivity contribution in [3.8, 4) is 0 Å². The summed E-state index contributed by atoms with van der Waals surface area (Å²) < 4.78 is 0. The van der Waals surface area contributed by atoms with Gasteiger partial charge < -0.3 is 5.32 Å². The minimum atomic E-state index is 0.0725. The number of aromatic nitrogens is 1. The van der Waals surface area contributed by atoms with Crippen molar-refractivity contribution in [3.05, 3.63) is 86.9 Å². The Balaban J connectivity index is 1.37. The molecule has 0 fully saturated rings. The van der Waals surface area contributed by atoms with E-state index in [1.807, 2.05) is 12.3 Å². The van der Waals surface area contributed by atoms with E-state index in [1.54, 1.807) is 11.3 Å². The average molecular weight is 375 g/mol. The molecule has 4 heteroatoms. The molecule has 0 saturated carbocycles. The second-order valence-corrected chi connectivity index (χ2v) is 8.68. The van der Waals surface area contributed by atoms with Crippen LogP contribution in [0.5, 0.6) is 0 Å². The summed E-state index contributed by atoms with van der Waals surface area (Å²) in [5, 5.41) is 6.17. The Bertz CT molecular complexity index is 961. The molecule has 6 rings (SSSR count). The minimum Gasteiger partial charge on any atom is -0.355 e. The number of amides is 1. The average Bonchev–Trinajstić information content (AvgIpc) is 3.11. The molecule has 1 heterocycles. The lowest BCUT2D eigenvalue weighted by Gasteiger charge is -2.45. The van der Waals surface area contributed by atoms with E-state index in [2.05, 4.69) is 58.8 Å². The summed E-state index contributed by atoms with van der Waals surface area (Å²) in [4.78, 5) is 16.8. The normalized spacial score (nSPS) is 22.2. The predicted octanol–water partition coefficient (Wildman–Crippen LogP) is 4.41. The van der Waals surface area contributed by atoms with Crippen molar-refractivity contribution in [2.24, 2.45) is 5.92 Å². The van der Waals surface area contributed by atoms with Crippen LogP contribution in [0.4, 0.5) is 0 Å². The molecule has 1 atom stereocenters. The van der Waals surface area contributed by atoms with Gasteiger partial charge in [0.05, 0.1) is 17.1 Å². The first-order valence-electron chi connectivity index (χ1n) is 9.56. The topological polar surface area (TPSA) is 42.0 Å². The second kappa shape index (κ2) is 6.61. The maximum Gasteiger partial charge on any atom is 0.226 e. The molecule has 3 aromatic rings. The maximum atomic E-state index is 12.4. The van der Waals surface area contributed by atoms with Gasteiger partial charge in [-0.25, -0.2) is 4.98 Å². The lowest BCUT2D eigenvalue weighted by Crippen LogP contribution is -2.39. The number of fused-ring (bicyclic) bond motifs is 1. The molecule has 2 bridgehead atoms. The van der Waals surface area contributed by atoms with Crippen LogP contribution in [0.2, 0.25) is 0 Å². The number of hydrogen-bond acceptors (Lipinski definition) is 3. The lowest BCUT2D eigenvalue weighted by atomic mass is 9.59. The summed E-state index contributed by atoms with van der Waals surface area (Å²) in [7, 11) is 0. The molecule has 1 N–H and O–H groups in total. The summed E-state index contributed by atoms with van der Waals surface area (Å²) in [6, 6.07) is 17.7. The van der Waals surface area contributed by atoms with Crippen LogP contribution < -0.4 is 5.32 Å². The first-order valence-corrected chi connectivity index (χ1v) is 10.4. The molecule has 136 valence electrons. The summed E-state index contributed by atoms with van der Waals surface area (Å²) in [6.07, 6.45) is 1.48. The summed E-state index contributed by atoms with van der Waals surface area (Å²) in [5.74, 6) is 1.35. The van der Waals surface area contributed by atoms with E-state index in [-0.39, 0.29) is 5.91 Å². The Morgan fingerprint density at radius 3 is 2.30 bits per heavy atom. The Morgan fingerprint density at radius 2 is 1.70 bits per heavy atom. The van der Waals surface area contributed by atoms with Gasteiger partial charge in [0.1, 0.15) is 0 Å². The molecule has 27 heavy (non-hydrogen) atoms. The second-order valence-electron chi connectivity index (χ2n) is 7.62. The van der Waals surface area contributed by atoms with Crippen LogP contribution >= 0.6 is 11.3 Å². The van der Waals surface area contributed by atoms with Crippen molar-refractivity contribution in [1.29, 1.82) is 0 Å². The first-order chi connectivity index (χ1) is 13.2. The van der Waals surface area contributed by atoms with Crippen molar-refractivity contribution in [3.63, 3.8) is 0 Å². The van der Waals surface area contributed by atoms with E-state index in [1.165, 1.54) is 22.3 Å². The van der Waals surface area contributed by atoms with Gasteiger partial charge in [-0.1, -0.05) is 48.5 Å². The van der Waals surface area contributed by atoms with E-state index in [0.29, 0.717) is 24.2 Å². The van der Waals surface area contributed by atoms with E-state index in [9.17, 15) is 4.79 Å². The van der Waals surface area contributed by atoms with Crippen LogP contribution in [0.1, 0.15) is 51.2 Å². The molecule has 1 aromatic heterocycles. The Kier molecular flexibility index (Phi) is 4.09. The van der Waals surface area contributed by atoms with Crippen LogP contribution in [0, 0.1) is 12.8 Å². The van der Waals surface area contributed by atoms with E-state index >= 15 is 0 Å². The molecular formula is C23H22N2OS. The fourth-order valence-corrected chi connectivity index (χ4v) is 5.53. The fraction of sp³-hybridized carbons (Fsp3) is 0.304. The number of thiazole rings is 1. The molecule has 3 aliphatic rings. The lowest BCUT2D eigenvalue weighted by molar-refractivity contribution is -0.120. The number of hydrogen-bond donors (Lipinski definition) is 1. The van der Waals surface area contributed by atoms with E-state index < -0.39 is 0 Å². The smallest absolute Gasteiger partial charge is 0.226 e. The van der Waals surface area contributed by atoms with Crippen molar-refractivity contribution in [2.45, 2.75) is 31.6 Å². The first kappa shape index (κ1) is 16.7. The molecule has 1 unspecified atom stereocenters. The third kappa shape index (κ3) is 2.88. The maximum absolute atomic E-state index is 12.4. The summed E-state index contributed by atoms with van der Waals surface area (Å²) in [5.41, 5.74) is 6.71. The number of nitrogens with one attached hydrogen (secondary N) is 1. The highest BCUT2D eigenvalue weighted by Gasteiger charge is 2.42. The highest BCUT2D eigenvalue weighted by molar-refractivity contribution is 7.09. The van der Waals surface area contributed by atoms with Crippen molar-refractivity contribution in [2.75, 3.05) is 6.54 Å². The van der Waals surface area contributed by atoms with Gasteiger partial charge in [-0.3, -0.25) is 4.79 Å². The third-order valence-electron chi connectivity index (χ3n) is 5.99. The highest BCUT2D eigenvalue weighted by atomic mass is 32.1. The third-order valence-corrected chi connectivity index (χ3v) is 6.81. The molecule has 0 radical (unpaired) electrons. The van der Waals surface area contributed by atoms with Gasteiger partial charge in [-0.05, 0) is 41.5 Å². The van der Waals surface area contributed by atoms with Gasteiger partial charge in [0.15, 0.2) is 0 Å². The minimum absolute atomic E-state index is 0.0725. The van der Waals surface area contributed by atoms with Gasteiger partial charge >= 0.3 is 0 Å². The van der Waals surface area contributed by atoms with Crippen LogP contribution in [-0.2, 0) is 11.2 Å². The standard InChI is InChI=1S/C23H22N2OS/c1-14-25-16(13-27-14)11-22(26)24-12-15-10-21-17-6-2-4-8-19(17)23(15)20-9-5-3-7-18(20)21/h2-9,13,15,21,23H,10-12H2,1H3,(H,24,26). The summed E-state index contributed by atoms with van der Waals surface area (Å²) >= 11 is 1.60. The van der Waals surface area contributed by atoms with Crippen LogP contribution in [0.3, 0.4) is 0 Å². The van der Waals surface area contributed by atoms with Gasteiger partial charge in [0, 0.05) is 23.8 Å². The molecule has 3 nitrogen and oxygen atoms in total. The van der Waals surface area contributed by atoms with Gasteiger partial charge in [-0.15, -0.1) is 11.3 Å². The Morgan fingerprint density at radius 1 is 1.07 bits per heavy atom. The molecule has 2 aromatic carbocycles. The van der Waals surface area contributed by atoms with Gasteiger partial charge in [0.25, 0.3) is 0 Å². The van der Waals surface area contributed by atoms with E-state index in [4.69, 9.17) is 0 Å². The summed E-state index contributed by atoms with van der Waals surface area (Å²) in [6.45, 7) is 2.70. The van der Waals surface area contributed by atoms with Crippen LogP contribution in [-0.4, -0.2) is 17.4 Å². The van der Waals surface area contributed by atoms with E-state index in [0.717, 1.165) is 23.7 Å². The van der Waals surface area contributed by atoms with Crippen molar-refractivity contribution < 1.29 is 4.79 Å². The fourth-order valence-electron chi connectivity index (χ4n) is 4.92. The monoisotopic (exact) mass is 374 g/mol. The van der Waals surface area contributed by atoms with Gasteiger partial charge in [-0.2, -0.15) is 0 Å². The van der Waals surface area contributed by atoms with Crippen LogP contribution in [0.15, 0.2) is 53.9 Å². The zero-order valence-electron chi connectivity index (χ0n) is 15.3. The predicted molar refractivity (Wildman–Crippen MR) is 108 cm³/mol. The molecule has 3 aliphatic carbocycles. The highest BCUT2D eigenvalue weighted by Crippen LogP contribution is 2.55. The molecule has 0 spiro atoms. The zero-order chi connectivity index (χ0) is 18.4. The van der Waals surface area contributed by atoms with Crippen LogP contribution in [0.25, 0.3) is 0 Å². The number of aryl methyl sites for hydroxylation is 1. The largest absolute Gasteiger partial charge is 0.355 e. The quantitative estimate of drug-likeness (QED) is 0.735. The molecular weight excluding hydrogens is 352 g/mol. The van der Waals surface area contributed by atoms with Crippen molar-refractivity contribution in [1.82, 2.24) is 10.3 Å². The van der Waals surface area contributed by atoms with Crippen molar-refractivity contribution >= 4 is 17.2 Å². The number of carbonyl (C=O) groups excluding carboxylic acids is 1. The number of benzene rings is 2. The number of carbonyl (C=O) groups is 1. The molecule has 0 aliphatic heterocycles. The number of nitrogens with zero attached hydrogens (tertiary/aromatic N) is 1. The Hall–Kier alpha value is -2.46. The van der Waals surface area contributed by atoms with Gasteiger partial charge in [0.2, 0.25) is 5.91 Å². The zero-order valence-corrected chi connectivity index (χ0v) is 16.1. The SMILES string of the molecule is Cc1nc(CC(=O)NCC2CC3c4ccccc4C2c2ccccc23)cs1. The Labute approximate surface area is 163 Å².